The van der Waals surface area contributed by atoms with E-state index in [0.717, 1.165) is 12.3 Å². The second kappa shape index (κ2) is 5.93. The molecule has 0 N–H and O–H groups in total. The molecular formula is C13H15BrClF3N2O. The van der Waals surface area contributed by atoms with E-state index < -0.39 is 17.3 Å². The Morgan fingerprint density at radius 2 is 2.19 bits per heavy atom. The molecule has 1 unspecified atom stereocenters. The molecule has 1 atom stereocenters. The van der Waals surface area contributed by atoms with Gasteiger partial charge in [-0.15, -0.1) is 0 Å². The maximum atomic E-state index is 12.6. The van der Waals surface area contributed by atoms with Crippen LogP contribution in [-0.2, 0) is 10.9 Å². The van der Waals surface area contributed by atoms with Crippen molar-refractivity contribution in [1.82, 2.24) is 4.98 Å². The maximum Gasteiger partial charge on any atom is 0.417 e. The number of nitrogens with zero attached hydrogens (tertiary/aromatic N) is 2. The lowest BCUT2D eigenvalue weighted by Gasteiger charge is -2.43. The van der Waals surface area contributed by atoms with Crippen LogP contribution in [0.3, 0.4) is 0 Å². The monoisotopic (exact) mass is 386 g/mol. The van der Waals surface area contributed by atoms with Crippen LogP contribution < -0.4 is 4.90 Å². The molecule has 1 fully saturated rings. The number of morpholine rings is 1. The number of hydrogen-bond acceptors (Lipinski definition) is 3. The molecule has 0 aliphatic carbocycles. The quantitative estimate of drug-likeness (QED) is 0.714. The Balaban J connectivity index is 2.29. The third kappa shape index (κ3) is 4.02. The van der Waals surface area contributed by atoms with Crippen molar-refractivity contribution in [2.75, 3.05) is 23.3 Å². The fourth-order valence-electron chi connectivity index (χ4n) is 2.36. The third-order valence-corrected chi connectivity index (χ3v) is 4.10. The molecule has 3 nitrogen and oxygen atoms in total. The number of rotatable bonds is 2. The van der Waals surface area contributed by atoms with Gasteiger partial charge in [-0.1, -0.05) is 27.5 Å². The molecule has 1 aromatic rings. The number of alkyl halides is 4. The Morgan fingerprint density at radius 3 is 2.71 bits per heavy atom. The summed E-state index contributed by atoms with van der Waals surface area (Å²) in [6.07, 6.45) is -3.71. The van der Waals surface area contributed by atoms with Crippen molar-refractivity contribution in [2.24, 2.45) is 0 Å². The summed E-state index contributed by atoms with van der Waals surface area (Å²) < 4.78 is 43.8. The van der Waals surface area contributed by atoms with Crippen LogP contribution >= 0.6 is 27.5 Å². The second-order valence-corrected chi connectivity index (χ2v) is 6.62. The van der Waals surface area contributed by atoms with Crippen molar-refractivity contribution in [1.29, 1.82) is 0 Å². The number of ether oxygens (including phenoxy) is 1. The van der Waals surface area contributed by atoms with Crippen molar-refractivity contribution in [3.63, 3.8) is 0 Å². The Bertz CT molecular complexity index is 525. The van der Waals surface area contributed by atoms with E-state index in [1.54, 1.807) is 0 Å². The van der Waals surface area contributed by atoms with Crippen LogP contribution in [-0.4, -0.2) is 35.1 Å². The lowest BCUT2D eigenvalue weighted by molar-refractivity contribution is -0.137. The van der Waals surface area contributed by atoms with Crippen molar-refractivity contribution >= 4 is 33.3 Å². The molecule has 2 heterocycles. The predicted molar refractivity (Wildman–Crippen MR) is 79.2 cm³/mol. The van der Waals surface area contributed by atoms with Crippen molar-refractivity contribution in [3.05, 3.63) is 22.8 Å². The van der Waals surface area contributed by atoms with E-state index in [-0.39, 0.29) is 11.1 Å². The van der Waals surface area contributed by atoms with E-state index in [9.17, 15) is 13.2 Å². The van der Waals surface area contributed by atoms with Gasteiger partial charge in [-0.05, 0) is 19.9 Å². The summed E-state index contributed by atoms with van der Waals surface area (Å²) in [6, 6.07) is 0.912. The van der Waals surface area contributed by atoms with Gasteiger partial charge >= 0.3 is 6.18 Å². The van der Waals surface area contributed by atoms with Crippen LogP contribution in [0.5, 0.6) is 0 Å². The van der Waals surface area contributed by atoms with E-state index in [2.05, 4.69) is 20.9 Å². The highest BCUT2D eigenvalue weighted by molar-refractivity contribution is 9.09. The molecule has 1 saturated heterocycles. The van der Waals surface area contributed by atoms with Crippen molar-refractivity contribution in [3.8, 4) is 0 Å². The summed E-state index contributed by atoms with van der Waals surface area (Å²) in [4.78, 5) is 5.76. The van der Waals surface area contributed by atoms with Crippen LogP contribution in [0.4, 0.5) is 19.0 Å². The Morgan fingerprint density at radius 1 is 1.52 bits per heavy atom. The average molecular weight is 388 g/mol. The van der Waals surface area contributed by atoms with Crippen LogP contribution in [0.1, 0.15) is 19.4 Å². The summed E-state index contributed by atoms with van der Waals surface area (Å²) in [7, 11) is 0. The average Bonchev–Trinajstić information content (AvgIpc) is 2.35. The molecule has 0 radical (unpaired) electrons. The van der Waals surface area contributed by atoms with E-state index in [4.69, 9.17) is 16.3 Å². The number of hydrogen-bond donors (Lipinski definition) is 0. The van der Waals surface area contributed by atoms with Gasteiger partial charge in [-0.2, -0.15) is 13.2 Å². The number of aromatic nitrogens is 1. The molecule has 1 aromatic heterocycles. The van der Waals surface area contributed by atoms with Gasteiger partial charge in [-0.25, -0.2) is 4.98 Å². The SMILES string of the molecule is CC1(C)CN(c2ncc(C(F)(F)F)cc2Cl)CC(CBr)O1. The van der Waals surface area contributed by atoms with Gasteiger partial charge in [-0.3, -0.25) is 0 Å². The minimum Gasteiger partial charge on any atom is -0.368 e. The molecule has 1 aliphatic rings. The van der Waals surface area contributed by atoms with E-state index in [0.29, 0.717) is 24.2 Å². The normalized spacial score (nSPS) is 22.4. The van der Waals surface area contributed by atoms with Crippen LogP contribution in [0.15, 0.2) is 12.3 Å². The number of anilines is 1. The Hall–Kier alpha value is -0.530. The van der Waals surface area contributed by atoms with E-state index >= 15 is 0 Å². The third-order valence-electron chi connectivity index (χ3n) is 3.10. The van der Waals surface area contributed by atoms with Crippen LogP contribution in [0.2, 0.25) is 5.02 Å². The summed E-state index contributed by atoms with van der Waals surface area (Å²) in [5.74, 6) is 0.354. The first-order chi connectivity index (χ1) is 9.62. The Labute approximate surface area is 134 Å². The Kier molecular flexibility index (Phi) is 4.75. The molecule has 0 bridgehead atoms. The first-order valence-corrected chi connectivity index (χ1v) is 7.84. The molecule has 0 saturated carbocycles. The molecule has 118 valence electrons. The van der Waals surface area contributed by atoms with Gasteiger partial charge in [0.05, 0.1) is 22.3 Å². The predicted octanol–water partition coefficient (Wildman–Crippen LogP) is 4.13. The maximum absolute atomic E-state index is 12.6. The van der Waals surface area contributed by atoms with E-state index in [1.165, 1.54) is 0 Å². The zero-order valence-corrected chi connectivity index (χ0v) is 13.9. The molecule has 0 amide bonds. The molecule has 1 aliphatic heterocycles. The standard InChI is InChI=1S/C13H15BrClF3N2O/c1-12(2)7-20(6-9(4-14)21-12)11-10(15)3-8(5-19-11)13(16,17)18/h3,5,9H,4,6-7H2,1-2H3. The van der Waals surface area contributed by atoms with Crippen LogP contribution in [0, 0.1) is 0 Å². The molecule has 0 aromatic carbocycles. The highest BCUT2D eigenvalue weighted by atomic mass is 79.9. The largest absolute Gasteiger partial charge is 0.417 e. The highest BCUT2D eigenvalue weighted by Gasteiger charge is 2.36. The fraction of sp³-hybridized carbons (Fsp3) is 0.615. The zero-order valence-electron chi connectivity index (χ0n) is 11.5. The fourth-order valence-corrected chi connectivity index (χ4v) is 2.98. The molecule has 21 heavy (non-hydrogen) atoms. The first-order valence-electron chi connectivity index (χ1n) is 6.34. The number of pyridine rings is 1. The minimum absolute atomic E-state index is 0.00384. The summed E-state index contributed by atoms with van der Waals surface area (Å²) >= 11 is 9.36. The second-order valence-electron chi connectivity index (χ2n) is 5.56. The minimum atomic E-state index is -4.45. The first kappa shape index (κ1) is 16.8. The lowest BCUT2D eigenvalue weighted by atomic mass is 10.1. The smallest absolute Gasteiger partial charge is 0.368 e. The topological polar surface area (TPSA) is 25.4 Å². The molecule has 0 spiro atoms. The van der Waals surface area contributed by atoms with Gasteiger partial charge in [0.15, 0.2) is 0 Å². The van der Waals surface area contributed by atoms with Crippen molar-refractivity contribution < 1.29 is 17.9 Å². The molecule has 8 heteroatoms. The summed E-state index contributed by atoms with van der Waals surface area (Å²) in [5, 5.41) is 0.626. The highest BCUT2D eigenvalue weighted by Crippen LogP contribution is 2.35. The van der Waals surface area contributed by atoms with E-state index in [1.807, 2.05) is 18.7 Å². The number of halogens is 5. The summed E-state index contributed by atoms with van der Waals surface area (Å²) in [6.45, 7) is 4.88. The van der Waals surface area contributed by atoms with Gasteiger partial charge in [0, 0.05) is 24.6 Å². The lowest BCUT2D eigenvalue weighted by Crippen LogP contribution is -2.53. The zero-order chi connectivity index (χ0) is 15.8. The van der Waals surface area contributed by atoms with Crippen LogP contribution in [0.25, 0.3) is 0 Å². The van der Waals surface area contributed by atoms with Crippen molar-refractivity contribution in [2.45, 2.75) is 31.7 Å². The van der Waals surface area contributed by atoms with Gasteiger partial charge < -0.3 is 9.64 Å². The molecular weight excluding hydrogens is 373 g/mol. The molecule has 2 rings (SSSR count). The van der Waals surface area contributed by atoms with Gasteiger partial charge in [0.25, 0.3) is 0 Å². The van der Waals surface area contributed by atoms with Gasteiger partial charge in [0.1, 0.15) is 5.82 Å². The van der Waals surface area contributed by atoms with Gasteiger partial charge in [0.2, 0.25) is 0 Å². The summed E-state index contributed by atoms with van der Waals surface area (Å²) in [5.41, 5.74) is -1.27.